The van der Waals surface area contributed by atoms with Crippen molar-refractivity contribution in [2.75, 3.05) is 0 Å². The van der Waals surface area contributed by atoms with Gasteiger partial charge in [-0.05, 0) is 37.3 Å². The maximum absolute atomic E-state index is 12.0. The van der Waals surface area contributed by atoms with Gasteiger partial charge in [-0.2, -0.15) is 0 Å². The van der Waals surface area contributed by atoms with Crippen LogP contribution in [0.25, 0.3) is 0 Å². The van der Waals surface area contributed by atoms with Crippen LogP contribution in [-0.4, -0.2) is 24.0 Å². The van der Waals surface area contributed by atoms with E-state index in [2.05, 4.69) is 5.32 Å². The molecule has 0 aromatic heterocycles. The van der Waals surface area contributed by atoms with Crippen molar-refractivity contribution >= 4 is 24.3 Å². The standard InChI is InChI=1S/C15H17NO3.ClH/c17-14(10-5-2-1-3-6-10)19-15(18)13-9-11-7-4-8-12(11)16-13;/h1-3,5-6,11-13,16H,4,7-9H2;1H/t11-,12-,13?;/m1./s1. The van der Waals surface area contributed by atoms with Gasteiger partial charge in [0.2, 0.25) is 0 Å². The molecule has 0 radical (unpaired) electrons. The molecule has 1 N–H and O–H groups in total. The Hall–Kier alpha value is -1.39. The normalized spacial score (nSPS) is 27.5. The lowest BCUT2D eigenvalue weighted by atomic mass is 10.0. The van der Waals surface area contributed by atoms with Gasteiger partial charge in [0, 0.05) is 6.04 Å². The molecule has 1 aromatic carbocycles. The van der Waals surface area contributed by atoms with Crippen molar-refractivity contribution in [3.63, 3.8) is 0 Å². The van der Waals surface area contributed by atoms with Crippen LogP contribution in [0.5, 0.6) is 0 Å². The van der Waals surface area contributed by atoms with Gasteiger partial charge in [0.1, 0.15) is 6.04 Å². The fraction of sp³-hybridized carbons (Fsp3) is 0.467. The van der Waals surface area contributed by atoms with Crippen molar-refractivity contribution in [3.05, 3.63) is 35.9 Å². The van der Waals surface area contributed by atoms with Crippen LogP contribution >= 0.6 is 12.4 Å². The number of nitrogens with one attached hydrogen (secondary N) is 1. The van der Waals surface area contributed by atoms with Crippen molar-refractivity contribution in [2.45, 2.75) is 37.8 Å². The Labute approximate surface area is 124 Å². The highest BCUT2D eigenvalue weighted by Gasteiger charge is 2.40. The molecule has 0 bridgehead atoms. The summed E-state index contributed by atoms with van der Waals surface area (Å²) in [5.74, 6) is -0.433. The van der Waals surface area contributed by atoms with Crippen LogP contribution in [-0.2, 0) is 9.53 Å². The molecule has 2 aliphatic rings. The summed E-state index contributed by atoms with van der Waals surface area (Å²) in [5, 5.41) is 3.28. The number of ether oxygens (including phenoxy) is 1. The van der Waals surface area contributed by atoms with Crippen LogP contribution in [0.4, 0.5) is 0 Å². The maximum atomic E-state index is 12.0. The van der Waals surface area contributed by atoms with Gasteiger partial charge >= 0.3 is 11.9 Å². The summed E-state index contributed by atoms with van der Waals surface area (Å²) in [4.78, 5) is 23.7. The van der Waals surface area contributed by atoms with Crippen LogP contribution in [0.15, 0.2) is 30.3 Å². The third kappa shape index (κ3) is 3.02. The number of hydrogen-bond acceptors (Lipinski definition) is 4. The van der Waals surface area contributed by atoms with E-state index < -0.39 is 11.9 Å². The molecule has 1 saturated heterocycles. The molecule has 20 heavy (non-hydrogen) atoms. The second-order valence-corrected chi connectivity index (χ2v) is 5.33. The molecule has 1 aliphatic heterocycles. The Bertz CT molecular complexity index is 479. The lowest BCUT2D eigenvalue weighted by Gasteiger charge is -2.11. The first-order valence-corrected chi connectivity index (χ1v) is 6.81. The molecule has 3 rings (SSSR count). The zero-order valence-electron chi connectivity index (χ0n) is 11.1. The molecular weight excluding hydrogens is 278 g/mol. The first kappa shape index (κ1) is 15.0. The van der Waals surface area contributed by atoms with Crippen molar-refractivity contribution < 1.29 is 14.3 Å². The van der Waals surface area contributed by atoms with Gasteiger partial charge in [0.25, 0.3) is 0 Å². The number of hydrogen-bond donors (Lipinski definition) is 1. The number of rotatable bonds is 2. The van der Waals surface area contributed by atoms with Crippen molar-refractivity contribution in [2.24, 2.45) is 5.92 Å². The molecule has 1 aliphatic carbocycles. The Morgan fingerprint density at radius 1 is 1.15 bits per heavy atom. The number of carbonyl (C=O) groups is 2. The lowest BCUT2D eigenvalue weighted by Crippen LogP contribution is -2.37. The van der Waals surface area contributed by atoms with Gasteiger partial charge in [-0.3, -0.25) is 0 Å². The summed E-state index contributed by atoms with van der Waals surface area (Å²) < 4.78 is 4.95. The second-order valence-electron chi connectivity index (χ2n) is 5.33. The van der Waals surface area contributed by atoms with E-state index in [0.29, 0.717) is 17.5 Å². The number of esters is 2. The highest BCUT2D eigenvalue weighted by atomic mass is 35.5. The molecule has 3 atom stereocenters. The van der Waals surface area contributed by atoms with E-state index in [1.807, 2.05) is 6.07 Å². The van der Waals surface area contributed by atoms with Gasteiger partial charge < -0.3 is 10.1 Å². The van der Waals surface area contributed by atoms with Gasteiger partial charge in [-0.15, -0.1) is 12.4 Å². The minimum atomic E-state index is -0.565. The zero-order chi connectivity index (χ0) is 13.2. The van der Waals surface area contributed by atoms with Crippen LogP contribution in [0.3, 0.4) is 0 Å². The molecule has 108 valence electrons. The summed E-state index contributed by atoms with van der Waals surface area (Å²) >= 11 is 0. The van der Waals surface area contributed by atoms with Crippen LogP contribution < -0.4 is 5.32 Å². The fourth-order valence-corrected chi connectivity index (χ4v) is 3.13. The molecule has 1 saturated carbocycles. The van der Waals surface area contributed by atoms with Crippen molar-refractivity contribution in [1.29, 1.82) is 0 Å². The smallest absolute Gasteiger partial charge is 0.345 e. The molecule has 1 heterocycles. The summed E-state index contributed by atoms with van der Waals surface area (Å²) in [6, 6.07) is 8.72. The van der Waals surface area contributed by atoms with Crippen LogP contribution in [0.1, 0.15) is 36.0 Å². The summed E-state index contributed by atoms with van der Waals surface area (Å²) in [6.07, 6.45) is 4.33. The molecule has 1 aromatic rings. The number of halogens is 1. The monoisotopic (exact) mass is 295 g/mol. The van der Waals surface area contributed by atoms with Crippen LogP contribution in [0.2, 0.25) is 0 Å². The Morgan fingerprint density at radius 3 is 2.60 bits per heavy atom. The highest BCUT2D eigenvalue weighted by Crippen LogP contribution is 2.34. The molecule has 0 amide bonds. The Balaban J connectivity index is 0.00000147. The predicted molar refractivity (Wildman–Crippen MR) is 76.8 cm³/mol. The van der Waals surface area contributed by atoms with Gasteiger partial charge in [-0.1, -0.05) is 24.6 Å². The second kappa shape index (κ2) is 6.37. The fourth-order valence-electron chi connectivity index (χ4n) is 3.13. The third-order valence-electron chi connectivity index (χ3n) is 4.10. The average molecular weight is 296 g/mol. The summed E-state index contributed by atoms with van der Waals surface area (Å²) in [7, 11) is 0. The lowest BCUT2D eigenvalue weighted by molar-refractivity contribution is -0.140. The maximum Gasteiger partial charge on any atom is 0.345 e. The van der Waals surface area contributed by atoms with Crippen LogP contribution in [0, 0.1) is 5.92 Å². The first-order valence-electron chi connectivity index (χ1n) is 6.81. The Kier molecular flexibility index (Phi) is 4.78. The molecular formula is C15H18ClNO3. The van der Waals surface area contributed by atoms with Gasteiger partial charge in [0.15, 0.2) is 0 Å². The van der Waals surface area contributed by atoms with Crippen molar-refractivity contribution in [1.82, 2.24) is 5.32 Å². The van der Waals surface area contributed by atoms with E-state index in [1.165, 1.54) is 12.8 Å². The molecule has 2 fully saturated rings. The molecule has 4 nitrogen and oxygen atoms in total. The summed E-state index contributed by atoms with van der Waals surface area (Å²) in [6.45, 7) is 0. The molecule has 5 heteroatoms. The van der Waals surface area contributed by atoms with E-state index in [-0.39, 0.29) is 18.4 Å². The Morgan fingerprint density at radius 2 is 1.90 bits per heavy atom. The largest absolute Gasteiger partial charge is 0.388 e. The van der Waals surface area contributed by atoms with E-state index in [9.17, 15) is 9.59 Å². The summed E-state index contributed by atoms with van der Waals surface area (Å²) in [5.41, 5.74) is 0.411. The minimum Gasteiger partial charge on any atom is -0.388 e. The van der Waals surface area contributed by atoms with Crippen molar-refractivity contribution in [3.8, 4) is 0 Å². The first-order chi connectivity index (χ1) is 9.24. The third-order valence-corrected chi connectivity index (χ3v) is 4.10. The predicted octanol–water partition coefficient (Wildman–Crippen LogP) is 2.32. The minimum absolute atomic E-state index is 0. The highest BCUT2D eigenvalue weighted by molar-refractivity contribution is 5.98. The topological polar surface area (TPSA) is 55.4 Å². The zero-order valence-corrected chi connectivity index (χ0v) is 11.9. The number of fused-ring (bicyclic) bond motifs is 1. The SMILES string of the molecule is Cl.O=C(OC(=O)C1C[C@H]2CCC[C@H]2N1)c1ccccc1. The van der Waals surface area contributed by atoms with Gasteiger partial charge in [-0.25, -0.2) is 9.59 Å². The van der Waals surface area contributed by atoms with E-state index in [0.717, 1.165) is 12.8 Å². The van der Waals surface area contributed by atoms with Gasteiger partial charge in [0.05, 0.1) is 5.56 Å². The number of benzene rings is 1. The van der Waals surface area contributed by atoms with E-state index >= 15 is 0 Å². The average Bonchev–Trinajstić information content (AvgIpc) is 3.00. The number of carbonyl (C=O) groups excluding carboxylic acids is 2. The van der Waals surface area contributed by atoms with E-state index in [1.54, 1.807) is 24.3 Å². The van der Waals surface area contributed by atoms with E-state index in [4.69, 9.17) is 4.74 Å². The molecule has 0 spiro atoms. The quantitative estimate of drug-likeness (QED) is 0.672. The molecule has 1 unspecified atom stereocenters.